The topological polar surface area (TPSA) is 34.1 Å². The van der Waals surface area contributed by atoms with Crippen LogP contribution in [0, 0.1) is 11.8 Å². The summed E-state index contributed by atoms with van der Waals surface area (Å²) in [5.41, 5.74) is 1.09. The Morgan fingerprint density at radius 3 is 2.41 bits per heavy atom. The maximum atomic E-state index is 5.05. The molecule has 0 amide bonds. The summed E-state index contributed by atoms with van der Waals surface area (Å²) in [5, 5.41) is 3.57. The number of rotatable bonds is 3. The highest BCUT2D eigenvalue weighted by Gasteiger charge is 2.23. The Morgan fingerprint density at radius 2 is 1.88 bits per heavy atom. The van der Waals surface area contributed by atoms with Crippen molar-refractivity contribution >= 4 is 5.69 Å². The van der Waals surface area contributed by atoms with E-state index in [0.717, 1.165) is 17.5 Å². The number of ether oxygens (including phenoxy) is 1. The van der Waals surface area contributed by atoms with Crippen molar-refractivity contribution in [1.82, 2.24) is 4.98 Å². The molecule has 3 nitrogen and oxygen atoms in total. The van der Waals surface area contributed by atoms with E-state index in [2.05, 4.69) is 24.1 Å². The van der Waals surface area contributed by atoms with Gasteiger partial charge in [-0.2, -0.15) is 0 Å². The molecule has 94 valence electrons. The van der Waals surface area contributed by atoms with Gasteiger partial charge in [-0.15, -0.1) is 0 Å². The lowest BCUT2D eigenvalue weighted by Crippen LogP contribution is -2.30. The van der Waals surface area contributed by atoms with Crippen molar-refractivity contribution in [3.63, 3.8) is 0 Å². The molecule has 2 unspecified atom stereocenters. The molecule has 0 aliphatic heterocycles. The van der Waals surface area contributed by atoms with Crippen LogP contribution in [0.25, 0.3) is 0 Å². The molecule has 1 saturated carbocycles. The van der Waals surface area contributed by atoms with E-state index >= 15 is 0 Å². The second-order valence-electron chi connectivity index (χ2n) is 5.35. The molecule has 0 saturated heterocycles. The monoisotopic (exact) mass is 234 g/mol. The number of pyridine rings is 1. The third-order valence-electron chi connectivity index (χ3n) is 3.49. The zero-order valence-corrected chi connectivity index (χ0v) is 10.9. The van der Waals surface area contributed by atoms with E-state index in [1.165, 1.54) is 19.3 Å². The zero-order valence-electron chi connectivity index (χ0n) is 10.9. The fraction of sp³-hybridized carbons (Fsp3) is 0.643. The van der Waals surface area contributed by atoms with E-state index < -0.39 is 0 Å². The average molecular weight is 234 g/mol. The highest BCUT2D eigenvalue weighted by Crippen LogP contribution is 2.30. The van der Waals surface area contributed by atoms with Gasteiger partial charge in [0.15, 0.2) is 0 Å². The number of nitrogens with one attached hydrogen (secondary N) is 1. The molecule has 1 N–H and O–H groups in total. The Balaban J connectivity index is 1.95. The van der Waals surface area contributed by atoms with Crippen LogP contribution in [0.3, 0.4) is 0 Å². The van der Waals surface area contributed by atoms with Gasteiger partial charge in [0.25, 0.3) is 0 Å². The molecule has 3 heteroatoms. The predicted molar refractivity (Wildman–Crippen MR) is 70.4 cm³/mol. The third kappa shape index (κ3) is 3.35. The second kappa shape index (κ2) is 5.39. The van der Waals surface area contributed by atoms with Crippen LogP contribution in [-0.4, -0.2) is 18.1 Å². The minimum atomic E-state index is 0.587. The first-order chi connectivity index (χ1) is 8.17. The molecule has 1 fully saturated rings. The first-order valence-corrected chi connectivity index (χ1v) is 6.44. The van der Waals surface area contributed by atoms with Gasteiger partial charge in [0, 0.05) is 12.1 Å². The van der Waals surface area contributed by atoms with Gasteiger partial charge in [0.2, 0.25) is 5.88 Å². The molecule has 0 bridgehead atoms. The number of anilines is 1. The van der Waals surface area contributed by atoms with E-state index in [0.29, 0.717) is 11.9 Å². The molecule has 1 aliphatic carbocycles. The maximum absolute atomic E-state index is 5.05. The lowest BCUT2D eigenvalue weighted by Gasteiger charge is -2.32. The van der Waals surface area contributed by atoms with E-state index in [4.69, 9.17) is 4.74 Å². The molecular formula is C14H22N2O. The fourth-order valence-electron chi connectivity index (χ4n) is 2.89. The summed E-state index contributed by atoms with van der Waals surface area (Å²) >= 11 is 0. The summed E-state index contributed by atoms with van der Waals surface area (Å²) in [6, 6.07) is 4.53. The Labute approximate surface area is 104 Å². The lowest BCUT2D eigenvalue weighted by molar-refractivity contribution is 0.281. The van der Waals surface area contributed by atoms with Gasteiger partial charge < -0.3 is 10.1 Å². The van der Waals surface area contributed by atoms with Gasteiger partial charge in [0.05, 0.1) is 19.0 Å². The fourth-order valence-corrected chi connectivity index (χ4v) is 2.89. The van der Waals surface area contributed by atoms with Crippen molar-refractivity contribution in [3.05, 3.63) is 18.3 Å². The summed E-state index contributed by atoms with van der Waals surface area (Å²) in [7, 11) is 1.64. The maximum Gasteiger partial charge on any atom is 0.213 e. The molecule has 2 atom stereocenters. The Morgan fingerprint density at radius 1 is 1.18 bits per heavy atom. The van der Waals surface area contributed by atoms with Crippen LogP contribution in [0.4, 0.5) is 5.69 Å². The standard InChI is InChI=1S/C14H22N2O/c1-10-6-11(2)8-13(7-10)16-12-4-5-14(17-3)15-9-12/h4-5,9-11,13,16H,6-8H2,1-3H3. The molecular weight excluding hydrogens is 212 g/mol. The molecule has 2 rings (SSSR count). The predicted octanol–water partition coefficient (Wildman–Crippen LogP) is 3.33. The SMILES string of the molecule is COc1ccc(NC2CC(C)CC(C)C2)cn1. The van der Waals surface area contributed by atoms with Gasteiger partial charge in [-0.05, 0) is 37.2 Å². The number of methoxy groups -OCH3 is 1. The van der Waals surface area contributed by atoms with E-state index in [9.17, 15) is 0 Å². The quantitative estimate of drug-likeness (QED) is 0.871. The largest absolute Gasteiger partial charge is 0.481 e. The zero-order chi connectivity index (χ0) is 12.3. The van der Waals surface area contributed by atoms with Crippen molar-refractivity contribution < 1.29 is 4.74 Å². The van der Waals surface area contributed by atoms with E-state index in [1.54, 1.807) is 7.11 Å². The summed E-state index contributed by atoms with van der Waals surface area (Å²) in [5.74, 6) is 2.31. The van der Waals surface area contributed by atoms with Crippen molar-refractivity contribution in [1.29, 1.82) is 0 Å². The van der Waals surface area contributed by atoms with Gasteiger partial charge in [-0.25, -0.2) is 4.98 Å². The van der Waals surface area contributed by atoms with Crippen LogP contribution in [0.15, 0.2) is 18.3 Å². The van der Waals surface area contributed by atoms with Crippen molar-refractivity contribution in [3.8, 4) is 5.88 Å². The van der Waals surface area contributed by atoms with Crippen LogP contribution in [-0.2, 0) is 0 Å². The van der Waals surface area contributed by atoms with Gasteiger partial charge >= 0.3 is 0 Å². The molecule has 0 radical (unpaired) electrons. The first-order valence-electron chi connectivity index (χ1n) is 6.44. The molecule has 1 aromatic heterocycles. The first kappa shape index (κ1) is 12.2. The second-order valence-corrected chi connectivity index (χ2v) is 5.35. The Bertz CT molecular complexity index is 340. The molecule has 0 spiro atoms. The number of aromatic nitrogens is 1. The molecule has 1 aromatic rings. The van der Waals surface area contributed by atoms with Gasteiger partial charge in [-0.3, -0.25) is 0 Å². The minimum Gasteiger partial charge on any atom is -0.481 e. The smallest absolute Gasteiger partial charge is 0.213 e. The number of hydrogen-bond acceptors (Lipinski definition) is 3. The average Bonchev–Trinajstić information content (AvgIpc) is 2.28. The van der Waals surface area contributed by atoms with Crippen LogP contribution in [0.1, 0.15) is 33.1 Å². The highest BCUT2D eigenvalue weighted by atomic mass is 16.5. The normalized spacial score (nSPS) is 28.8. The lowest BCUT2D eigenvalue weighted by atomic mass is 9.80. The van der Waals surface area contributed by atoms with Crippen LogP contribution < -0.4 is 10.1 Å². The molecule has 1 aliphatic rings. The van der Waals surface area contributed by atoms with Crippen LogP contribution in [0.5, 0.6) is 5.88 Å². The molecule has 17 heavy (non-hydrogen) atoms. The Hall–Kier alpha value is -1.25. The Kier molecular flexibility index (Phi) is 3.87. The van der Waals surface area contributed by atoms with Crippen molar-refractivity contribution in [2.75, 3.05) is 12.4 Å². The molecule has 0 aromatic carbocycles. The molecule has 1 heterocycles. The van der Waals surface area contributed by atoms with Crippen molar-refractivity contribution in [2.45, 2.75) is 39.2 Å². The summed E-state index contributed by atoms with van der Waals surface area (Å²) in [6.45, 7) is 4.69. The van der Waals surface area contributed by atoms with Crippen molar-refractivity contribution in [2.24, 2.45) is 11.8 Å². The summed E-state index contributed by atoms with van der Waals surface area (Å²) < 4.78 is 5.05. The van der Waals surface area contributed by atoms with Crippen LogP contribution >= 0.6 is 0 Å². The third-order valence-corrected chi connectivity index (χ3v) is 3.49. The van der Waals surface area contributed by atoms with Crippen LogP contribution in [0.2, 0.25) is 0 Å². The van der Waals surface area contributed by atoms with E-state index in [1.807, 2.05) is 18.3 Å². The van der Waals surface area contributed by atoms with E-state index in [-0.39, 0.29) is 0 Å². The van der Waals surface area contributed by atoms with Gasteiger partial charge in [0.1, 0.15) is 0 Å². The summed E-state index contributed by atoms with van der Waals surface area (Å²) in [4.78, 5) is 4.22. The minimum absolute atomic E-state index is 0.587. The number of hydrogen-bond donors (Lipinski definition) is 1. The highest BCUT2D eigenvalue weighted by molar-refractivity contribution is 5.43. The van der Waals surface area contributed by atoms with Gasteiger partial charge in [-0.1, -0.05) is 13.8 Å². The summed E-state index contributed by atoms with van der Waals surface area (Å²) in [6.07, 6.45) is 5.73. The number of nitrogens with zero attached hydrogens (tertiary/aromatic N) is 1.